The molecule has 1 atom stereocenters. The maximum atomic E-state index is 14.9. The van der Waals surface area contributed by atoms with Gasteiger partial charge in [0.1, 0.15) is 5.69 Å². The van der Waals surface area contributed by atoms with E-state index in [1.165, 1.54) is 12.1 Å². The third kappa shape index (κ3) is 5.08. The number of halogens is 11. The Morgan fingerprint density at radius 3 is 1.89 bits per heavy atom. The van der Waals surface area contributed by atoms with E-state index in [0.29, 0.717) is 5.39 Å². The van der Waals surface area contributed by atoms with Gasteiger partial charge in [0.05, 0.1) is 5.69 Å². The molecular weight excluding hydrogens is 521 g/mol. The predicted molar refractivity (Wildman–Crippen MR) is 101 cm³/mol. The zero-order valence-electron chi connectivity index (χ0n) is 17.5. The molecule has 0 N–H and O–H groups in total. The normalized spacial score (nSPS) is 15.4. The third-order valence-electron chi connectivity index (χ3n) is 4.51. The van der Waals surface area contributed by atoms with Crippen LogP contribution in [0.25, 0.3) is 10.8 Å². The largest absolute Gasteiger partial charge is 0.462 e. The van der Waals surface area contributed by atoms with Gasteiger partial charge < -0.3 is 0 Å². The Kier molecular flexibility index (Phi) is 6.72. The number of rotatable bonds is 6. The van der Waals surface area contributed by atoms with Crippen molar-refractivity contribution in [3.63, 3.8) is 0 Å². The molecule has 0 saturated heterocycles. The minimum Gasteiger partial charge on any atom is -0.264 e. The maximum Gasteiger partial charge on any atom is 0.462 e. The van der Waals surface area contributed by atoms with Crippen LogP contribution in [0.4, 0.5) is 59.9 Å². The van der Waals surface area contributed by atoms with E-state index in [4.69, 9.17) is 0 Å². The van der Waals surface area contributed by atoms with E-state index in [0.717, 1.165) is 12.3 Å². The Balaban J connectivity index is 2.04. The van der Waals surface area contributed by atoms with Crippen molar-refractivity contribution < 1.29 is 53.0 Å². The second-order valence-electron chi connectivity index (χ2n) is 7.21. The van der Waals surface area contributed by atoms with Gasteiger partial charge in [0, 0.05) is 5.69 Å². The molecule has 0 aliphatic carbocycles. The second-order valence-corrected chi connectivity index (χ2v) is 7.21. The molecule has 1 unspecified atom stereocenters. The minimum absolute atomic E-state index is 0.0599. The van der Waals surface area contributed by atoms with Crippen molar-refractivity contribution >= 4 is 22.4 Å². The average Bonchev–Trinajstić information content (AvgIpc) is 2.75. The zero-order chi connectivity index (χ0) is 27.2. The molecule has 0 bridgehead atoms. The number of nitrogens with zero attached hydrogens (tertiary/aromatic N) is 4. The summed E-state index contributed by atoms with van der Waals surface area (Å²) in [7, 11) is 0. The van der Waals surface area contributed by atoms with Crippen molar-refractivity contribution in [3.05, 3.63) is 59.9 Å². The molecule has 2 aromatic carbocycles. The third-order valence-corrected chi connectivity index (χ3v) is 4.51. The number of hydrogen-bond donors (Lipinski definition) is 0. The van der Waals surface area contributed by atoms with Gasteiger partial charge in [0.25, 0.3) is 5.95 Å². The fraction of sp³-hybridized carbons (Fsp3) is 0.300. The van der Waals surface area contributed by atoms with E-state index in [1.807, 2.05) is 0 Å². The van der Waals surface area contributed by atoms with Gasteiger partial charge in [-0.05, 0) is 35.9 Å². The smallest absolute Gasteiger partial charge is 0.264 e. The highest BCUT2D eigenvalue weighted by molar-refractivity contribution is 5.85. The number of azo groups is 1. The summed E-state index contributed by atoms with van der Waals surface area (Å²) in [5.41, 5.74) is -2.61. The Hall–Kier alpha value is -3.43. The van der Waals surface area contributed by atoms with Crippen LogP contribution in [0, 0.1) is 6.92 Å². The number of alkyl halides is 11. The molecule has 3 aromatic rings. The van der Waals surface area contributed by atoms with Gasteiger partial charge in [-0.15, -0.1) is 10.2 Å². The number of hydrogen-bond acceptors (Lipinski definition) is 5. The highest BCUT2D eigenvalue weighted by Crippen LogP contribution is 2.53. The second kappa shape index (κ2) is 8.90. The van der Waals surface area contributed by atoms with Crippen molar-refractivity contribution in [3.8, 4) is 0 Å². The fourth-order valence-corrected chi connectivity index (χ4v) is 2.76. The van der Waals surface area contributed by atoms with Crippen molar-refractivity contribution in [1.29, 1.82) is 0 Å². The lowest BCUT2D eigenvalue weighted by Gasteiger charge is -2.34. The first-order valence-corrected chi connectivity index (χ1v) is 9.42. The fourth-order valence-electron chi connectivity index (χ4n) is 2.76. The lowest BCUT2D eigenvalue weighted by molar-refractivity contribution is -0.488. The van der Waals surface area contributed by atoms with Gasteiger partial charge in [0.2, 0.25) is 0 Å². The van der Waals surface area contributed by atoms with Crippen LogP contribution in [0.3, 0.4) is 0 Å². The SMILES string of the molecule is Cc1cc(C(F)(OC(F)(F)C(F)(F)C(F)(F)F)C(F)(F)F)nc(N=Nc2ccc3ccccc3c2)n1. The summed E-state index contributed by atoms with van der Waals surface area (Å²) in [5.74, 6) is -14.2. The van der Waals surface area contributed by atoms with Gasteiger partial charge in [-0.3, -0.25) is 4.74 Å². The molecule has 0 amide bonds. The summed E-state index contributed by atoms with van der Waals surface area (Å²) >= 11 is 0. The van der Waals surface area contributed by atoms with E-state index < -0.39 is 47.6 Å². The summed E-state index contributed by atoms with van der Waals surface area (Å²) in [6, 6.07) is 11.4. The Morgan fingerprint density at radius 1 is 0.694 bits per heavy atom. The molecule has 0 aliphatic heterocycles. The monoisotopic (exact) mass is 532 g/mol. The van der Waals surface area contributed by atoms with E-state index in [2.05, 4.69) is 24.9 Å². The molecule has 1 aromatic heterocycles. The lowest BCUT2D eigenvalue weighted by Crippen LogP contribution is -2.58. The predicted octanol–water partition coefficient (Wildman–Crippen LogP) is 7.85. The number of aryl methyl sites for hydroxylation is 1. The summed E-state index contributed by atoms with van der Waals surface area (Å²) in [5, 5.41) is 8.47. The summed E-state index contributed by atoms with van der Waals surface area (Å²) in [4.78, 5) is 6.44. The van der Waals surface area contributed by atoms with Crippen LogP contribution in [0.15, 0.2) is 58.8 Å². The van der Waals surface area contributed by atoms with E-state index >= 15 is 0 Å². The first-order valence-electron chi connectivity index (χ1n) is 9.42. The van der Waals surface area contributed by atoms with Crippen LogP contribution in [0.5, 0.6) is 0 Å². The van der Waals surface area contributed by atoms with Crippen molar-refractivity contribution in [2.45, 2.75) is 37.2 Å². The molecule has 1 heterocycles. The topological polar surface area (TPSA) is 59.7 Å². The van der Waals surface area contributed by atoms with Crippen LogP contribution >= 0.6 is 0 Å². The van der Waals surface area contributed by atoms with Crippen molar-refractivity contribution in [2.75, 3.05) is 0 Å². The molecule has 0 radical (unpaired) electrons. The quantitative estimate of drug-likeness (QED) is 0.240. The molecule has 5 nitrogen and oxygen atoms in total. The first-order chi connectivity index (χ1) is 16.4. The summed E-state index contributed by atoms with van der Waals surface area (Å²) in [6.07, 6.45) is -20.7. The Morgan fingerprint density at radius 2 is 1.31 bits per heavy atom. The van der Waals surface area contributed by atoms with Crippen molar-refractivity contribution in [1.82, 2.24) is 9.97 Å². The minimum atomic E-state index is -7.19. The van der Waals surface area contributed by atoms with Gasteiger partial charge in [0.15, 0.2) is 0 Å². The van der Waals surface area contributed by atoms with Crippen LogP contribution in [0.1, 0.15) is 11.4 Å². The molecule has 0 fully saturated rings. The number of benzene rings is 2. The van der Waals surface area contributed by atoms with Crippen LogP contribution in [0.2, 0.25) is 0 Å². The highest BCUT2D eigenvalue weighted by atomic mass is 19.4. The van der Waals surface area contributed by atoms with Gasteiger partial charge in [-0.1, -0.05) is 30.3 Å². The van der Waals surface area contributed by atoms with Gasteiger partial charge >= 0.3 is 30.2 Å². The Bertz CT molecular complexity index is 1290. The number of aromatic nitrogens is 2. The van der Waals surface area contributed by atoms with Crippen molar-refractivity contribution in [2.24, 2.45) is 10.2 Å². The van der Waals surface area contributed by atoms with E-state index in [1.54, 1.807) is 30.3 Å². The van der Waals surface area contributed by atoms with Crippen LogP contribution in [-0.2, 0) is 10.6 Å². The lowest BCUT2D eigenvalue weighted by atomic mass is 10.1. The number of ether oxygens (including phenoxy) is 1. The molecule has 0 saturated carbocycles. The first kappa shape index (κ1) is 27.2. The van der Waals surface area contributed by atoms with Crippen LogP contribution < -0.4 is 0 Å². The molecule has 3 rings (SSSR count). The average molecular weight is 532 g/mol. The highest BCUT2D eigenvalue weighted by Gasteiger charge is 2.78. The molecule has 0 spiro atoms. The standard InChI is InChI=1S/C20H11F11N4O/c1-10-8-14(16(21,18(24,25)26)36-20(30,31)17(22,23)19(27,28)29)33-15(32-10)35-34-13-7-6-11-4-2-3-5-12(11)9-13/h2-9H,1H3. The molecular formula is C20H11F11N4O. The zero-order valence-corrected chi connectivity index (χ0v) is 17.5. The van der Waals surface area contributed by atoms with E-state index in [9.17, 15) is 48.3 Å². The maximum absolute atomic E-state index is 14.9. The summed E-state index contributed by atoms with van der Waals surface area (Å²) < 4.78 is 148. The molecule has 194 valence electrons. The Labute approximate surface area is 193 Å². The summed E-state index contributed by atoms with van der Waals surface area (Å²) in [6.45, 7) is 0.916. The van der Waals surface area contributed by atoms with Crippen LogP contribution in [-0.4, -0.2) is 34.4 Å². The number of fused-ring (bicyclic) bond motifs is 1. The van der Waals surface area contributed by atoms with E-state index in [-0.39, 0.29) is 11.8 Å². The molecule has 36 heavy (non-hydrogen) atoms. The van der Waals surface area contributed by atoms with Gasteiger partial charge in [-0.2, -0.15) is 48.3 Å². The van der Waals surface area contributed by atoms with Gasteiger partial charge in [-0.25, -0.2) is 9.97 Å². The molecule has 0 aliphatic rings. The molecule has 16 heteroatoms.